The minimum absolute atomic E-state index is 0.259. The Bertz CT molecular complexity index is 765. The Morgan fingerprint density at radius 3 is 2.67 bits per heavy atom. The molecule has 2 aliphatic rings. The van der Waals surface area contributed by atoms with Crippen LogP contribution in [0.5, 0.6) is 0 Å². The predicted molar refractivity (Wildman–Crippen MR) is 95.9 cm³/mol. The van der Waals surface area contributed by atoms with Crippen molar-refractivity contribution in [2.45, 2.75) is 51.4 Å². The molecule has 0 unspecified atom stereocenters. The minimum Gasteiger partial charge on any atom is -0.376 e. The minimum atomic E-state index is 0.259. The lowest BCUT2D eigenvalue weighted by Crippen LogP contribution is -2.47. The fourth-order valence-electron chi connectivity index (χ4n) is 3.28. The van der Waals surface area contributed by atoms with Crippen LogP contribution in [0.15, 0.2) is 30.3 Å². The third kappa shape index (κ3) is 3.06. The zero-order valence-corrected chi connectivity index (χ0v) is 15.1. The Hall–Kier alpha value is -1.50. The highest BCUT2D eigenvalue weighted by atomic mass is 32.1. The van der Waals surface area contributed by atoms with Gasteiger partial charge in [0.15, 0.2) is 0 Å². The van der Waals surface area contributed by atoms with E-state index in [1.807, 2.05) is 10.7 Å². The van der Waals surface area contributed by atoms with Crippen molar-refractivity contribution in [2.75, 3.05) is 13.2 Å². The zero-order valence-electron chi connectivity index (χ0n) is 14.3. The molecule has 2 aromatic rings. The third-order valence-electron chi connectivity index (χ3n) is 4.87. The van der Waals surface area contributed by atoms with E-state index in [0.29, 0.717) is 12.0 Å². The van der Waals surface area contributed by atoms with Crippen molar-refractivity contribution in [3.8, 4) is 5.69 Å². The highest BCUT2D eigenvalue weighted by molar-refractivity contribution is 7.71. The van der Waals surface area contributed by atoms with E-state index in [1.165, 1.54) is 12.8 Å². The molecule has 0 spiro atoms. The molecule has 1 saturated carbocycles. The fourth-order valence-corrected chi connectivity index (χ4v) is 3.58. The van der Waals surface area contributed by atoms with Crippen molar-refractivity contribution in [1.29, 1.82) is 0 Å². The number of hydrogen-bond donors (Lipinski definition) is 0. The van der Waals surface area contributed by atoms with Crippen molar-refractivity contribution in [2.24, 2.45) is 0 Å². The molecule has 1 aromatic carbocycles. The van der Waals surface area contributed by atoms with Crippen LogP contribution in [0.25, 0.3) is 5.69 Å². The molecule has 2 atom stereocenters. The molecule has 128 valence electrons. The normalized spacial score (nSPS) is 25.1. The van der Waals surface area contributed by atoms with E-state index in [0.717, 1.165) is 36.1 Å². The van der Waals surface area contributed by atoms with Gasteiger partial charge in [-0.25, -0.2) is 4.68 Å². The fraction of sp³-hybridized carbons (Fsp3) is 0.556. The second-order valence-corrected chi connectivity index (χ2v) is 7.36. The standard InChI is InChI=1S/C18H24N4OS/c1-13-11-23-14(2)10-20(13)12-21-18(24)22(16-6-4-3-5-7-16)17(19-21)15-8-9-15/h3-7,13-15H,8-12H2,1-2H3/t13-,14-/m1/s1. The Labute approximate surface area is 147 Å². The third-order valence-corrected chi connectivity index (χ3v) is 5.27. The van der Waals surface area contributed by atoms with Crippen molar-refractivity contribution in [1.82, 2.24) is 19.2 Å². The van der Waals surface area contributed by atoms with Gasteiger partial charge < -0.3 is 4.74 Å². The quantitative estimate of drug-likeness (QED) is 0.797. The molecule has 24 heavy (non-hydrogen) atoms. The van der Waals surface area contributed by atoms with Gasteiger partial charge in [0.25, 0.3) is 0 Å². The summed E-state index contributed by atoms with van der Waals surface area (Å²) in [6.07, 6.45) is 2.68. The van der Waals surface area contributed by atoms with E-state index in [-0.39, 0.29) is 6.10 Å². The summed E-state index contributed by atoms with van der Waals surface area (Å²) in [6, 6.07) is 10.7. The van der Waals surface area contributed by atoms with Gasteiger partial charge in [0.1, 0.15) is 5.82 Å². The number of morpholine rings is 1. The van der Waals surface area contributed by atoms with E-state index in [1.54, 1.807) is 0 Å². The van der Waals surface area contributed by atoms with Gasteiger partial charge in [0.05, 0.1) is 19.4 Å². The SMILES string of the molecule is C[C@@H]1CN(Cn2nc(C3CC3)n(-c3ccccc3)c2=S)[C@H](C)CO1. The summed E-state index contributed by atoms with van der Waals surface area (Å²) >= 11 is 5.78. The summed E-state index contributed by atoms with van der Waals surface area (Å²) < 4.78 is 10.7. The lowest BCUT2D eigenvalue weighted by atomic mass is 10.2. The van der Waals surface area contributed by atoms with E-state index >= 15 is 0 Å². The smallest absolute Gasteiger partial charge is 0.203 e. The van der Waals surface area contributed by atoms with Gasteiger partial charge in [-0.15, -0.1) is 0 Å². The number of rotatable bonds is 4. The molecule has 1 aliphatic heterocycles. The lowest BCUT2D eigenvalue weighted by Gasteiger charge is -2.36. The maximum absolute atomic E-state index is 5.78. The van der Waals surface area contributed by atoms with Gasteiger partial charge in [-0.3, -0.25) is 9.47 Å². The Morgan fingerprint density at radius 2 is 1.96 bits per heavy atom. The summed E-state index contributed by atoms with van der Waals surface area (Å²) in [4.78, 5) is 2.41. The number of nitrogens with zero attached hydrogens (tertiary/aromatic N) is 4. The zero-order chi connectivity index (χ0) is 16.7. The molecule has 0 radical (unpaired) electrons. The predicted octanol–water partition coefficient (Wildman–Crippen LogP) is 3.35. The van der Waals surface area contributed by atoms with Crippen LogP contribution in [-0.2, 0) is 11.4 Å². The summed E-state index contributed by atoms with van der Waals surface area (Å²) in [5.74, 6) is 1.66. The highest BCUT2D eigenvalue weighted by Gasteiger charge is 2.31. The van der Waals surface area contributed by atoms with Crippen LogP contribution in [0.3, 0.4) is 0 Å². The van der Waals surface area contributed by atoms with E-state index in [9.17, 15) is 0 Å². The largest absolute Gasteiger partial charge is 0.376 e. The van der Waals surface area contributed by atoms with Gasteiger partial charge in [0.2, 0.25) is 4.77 Å². The molecule has 0 amide bonds. The molecule has 1 saturated heterocycles. The van der Waals surface area contributed by atoms with Gasteiger partial charge in [-0.1, -0.05) is 18.2 Å². The number of ether oxygens (including phenoxy) is 1. The van der Waals surface area contributed by atoms with Crippen LogP contribution in [0.4, 0.5) is 0 Å². The Kier molecular flexibility index (Phi) is 4.28. The first-order valence-corrected chi connectivity index (χ1v) is 9.15. The maximum atomic E-state index is 5.78. The van der Waals surface area contributed by atoms with Crippen molar-refractivity contribution < 1.29 is 4.74 Å². The van der Waals surface area contributed by atoms with E-state index in [4.69, 9.17) is 22.1 Å². The molecule has 4 rings (SSSR count). The van der Waals surface area contributed by atoms with Crippen LogP contribution >= 0.6 is 12.2 Å². The molecule has 5 nitrogen and oxygen atoms in total. The monoisotopic (exact) mass is 344 g/mol. The lowest BCUT2D eigenvalue weighted by molar-refractivity contribution is -0.0625. The molecular formula is C18H24N4OS. The highest BCUT2D eigenvalue weighted by Crippen LogP contribution is 2.40. The second-order valence-electron chi connectivity index (χ2n) is 6.99. The summed E-state index contributed by atoms with van der Waals surface area (Å²) in [5, 5.41) is 4.89. The molecule has 2 heterocycles. The topological polar surface area (TPSA) is 35.2 Å². The van der Waals surface area contributed by atoms with E-state index in [2.05, 4.69) is 47.6 Å². The van der Waals surface area contributed by atoms with Crippen LogP contribution in [-0.4, -0.2) is 44.5 Å². The van der Waals surface area contributed by atoms with Crippen molar-refractivity contribution in [3.63, 3.8) is 0 Å². The maximum Gasteiger partial charge on any atom is 0.203 e. The van der Waals surface area contributed by atoms with Gasteiger partial charge in [-0.05, 0) is 51.0 Å². The first-order valence-electron chi connectivity index (χ1n) is 8.74. The van der Waals surface area contributed by atoms with Crippen molar-refractivity contribution in [3.05, 3.63) is 40.9 Å². The Balaban J connectivity index is 1.68. The van der Waals surface area contributed by atoms with E-state index < -0.39 is 0 Å². The average Bonchev–Trinajstić information content (AvgIpc) is 3.37. The van der Waals surface area contributed by atoms with Gasteiger partial charge in [-0.2, -0.15) is 5.10 Å². The van der Waals surface area contributed by atoms with Gasteiger partial charge in [0, 0.05) is 24.2 Å². The molecule has 6 heteroatoms. The molecule has 0 N–H and O–H groups in total. The summed E-state index contributed by atoms with van der Waals surface area (Å²) in [5.41, 5.74) is 1.11. The number of para-hydroxylation sites is 1. The second kappa shape index (κ2) is 6.43. The van der Waals surface area contributed by atoms with Crippen LogP contribution in [0, 0.1) is 4.77 Å². The average molecular weight is 344 g/mol. The van der Waals surface area contributed by atoms with Crippen LogP contribution in [0.1, 0.15) is 38.4 Å². The summed E-state index contributed by atoms with van der Waals surface area (Å²) in [6.45, 7) is 6.73. The first-order chi connectivity index (χ1) is 11.6. The number of hydrogen-bond acceptors (Lipinski definition) is 4. The molecule has 1 aliphatic carbocycles. The van der Waals surface area contributed by atoms with Crippen molar-refractivity contribution >= 4 is 12.2 Å². The molecule has 2 fully saturated rings. The molecular weight excluding hydrogens is 320 g/mol. The van der Waals surface area contributed by atoms with Crippen LogP contribution < -0.4 is 0 Å². The summed E-state index contributed by atoms with van der Waals surface area (Å²) in [7, 11) is 0. The van der Waals surface area contributed by atoms with Gasteiger partial charge >= 0.3 is 0 Å². The molecule has 0 bridgehead atoms. The van der Waals surface area contributed by atoms with Crippen LogP contribution in [0.2, 0.25) is 0 Å². The first kappa shape index (κ1) is 16.0. The molecule has 1 aromatic heterocycles. The Morgan fingerprint density at radius 1 is 1.21 bits per heavy atom. The number of aromatic nitrogens is 3. The number of benzene rings is 1.